The topological polar surface area (TPSA) is 84.9 Å². The molecule has 3 aliphatic rings. The van der Waals surface area contributed by atoms with Crippen molar-refractivity contribution in [1.82, 2.24) is 4.90 Å². The average molecular weight is 759 g/mol. The third-order valence-corrected chi connectivity index (χ3v) is 10.4. The van der Waals surface area contributed by atoms with Gasteiger partial charge in [-0.3, -0.25) is 14.4 Å². The Morgan fingerprint density at radius 2 is 1.46 bits per heavy atom. The lowest BCUT2D eigenvalue weighted by atomic mass is 9.63. The first-order valence-corrected chi connectivity index (χ1v) is 17.5. The number of carbonyl (C=O) groups excluding carboxylic acids is 3. The lowest BCUT2D eigenvalue weighted by Gasteiger charge is -2.49. The number of ketones is 2. The Morgan fingerprint density at radius 3 is 2.04 bits per heavy atom. The Morgan fingerprint density at radius 1 is 0.875 bits per heavy atom. The summed E-state index contributed by atoms with van der Waals surface area (Å²) in [6, 6.07) is 21.7. The van der Waals surface area contributed by atoms with Gasteiger partial charge in [0.15, 0.2) is 29.7 Å². The highest BCUT2D eigenvalue weighted by molar-refractivity contribution is 14.1. The van der Waals surface area contributed by atoms with Crippen LogP contribution in [0.25, 0.3) is 0 Å². The molecule has 6 rings (SSSR count). The van der Waals surface area contributed by atoms with Crippen LogP contribution in [0.2, 0.25) is 0 Å². The molecule has 0 saturated carbocycles. The number of Topliss-reactive ketones (excluding diaryl/α,β-unsaturated/α-hetero) is 2. The summed E-state index contributed by atoms with van der Waals surface area (Å²) in [4.78, 5) is 43.7. The fourth-order valence-corrected chi connectivity index (χ4v) is 8.20. The molecule has 0 aromatic heterocycles. The summed E-state index contributed by atoms with van der Waals surface area (Å²) >= 11 is 2.19. The molecule has 250 valence electrons. The Labute approximate surface area is 296 Å². The van der Waals surface area contributed by atoms with Crippen LogP contribution in [0.4, 0.5) is 5.69 Å². The van der Waals surface area contributed by atoms with Crippen molar-refractivity contribution in [3.8, 4) is 11.5 Å². The first kappa shape index (κ1) is 34.0. The van der Waals surface area contributed by atoms with Crippen molar-refractivity contribution < 1.29 is 23.9 Å². The minimum Gasteiger partial charge on any atom is -0.493 e. The van der Waals surface area contributed by atoms with Gasteiger partial charge in [-0.1, -0.05) is 76.2 Å². The molecule has 48 heavy (non-hydrogen) atoms. The van der Waals surface area contributed by atoms with Gasteiger partial charge >= 0.3 is 0 Å². The number of methoxy groups -OCH3 is 1. The van der Waals surface area contributed by atoms with Crippen LogP contribution in [0.15, 0.2) is 89.3 Å². The van der Waals surface area contributed by atoms with Crippen molar-refractivity contribution in [2.24, 2.45) is 10.8 Å². The zero-order valence-electron chi connectivity index (χ0n) is 28.5. The molecule has 1 aliphatic heterocycles. The zero-order chi connectivity index (χ0) is 34.4. The summed E-state index contributed by atoms with van der Waals surface area (Å²) < 4.78 is 12.6. The SMILES string of the molecule is COc1cc(C2C3=C(CC(C)(C)CC3=O)N(Cc3ccccc3)C3=C2C(=O)CC(C)(C)C3)cc(I)c1OCC(=O)Nc1ccccc1C. The van der Waals surface area contributed by atoms with Crippen molar-refractivity contribution >= 4 is 45.8 Å². The fourth-order valence-electron chi connectivity index (χ4n) is 7.42. The fraction of sp³-hybridized carbons (Fsp3) is 0.375. The molecule has 0 saturated heterocycles. The average Bonchev–Trinajstić information content (AvgIpc) is 3.01. The largest absolute Gasteiger partial charge is 0.493 e. The first-order valence-electron chi connectivity index (χ1n) is 16.5. The number of nitrogens with zero attached hydrogens (tertiary/aromatic N) is 1. The summed E-state index contributed by atoms with van der Waals surface area (Å²) in [6.45, 7) is 10.9. The minimum atomic E-state index is -0.518. The Balaban J connectivity index is 1.43. The number of hydrogen-bond donors (Lipinski definition) is 1. The number of anilines is 1. The Kier molecular flexibility index (Phi) is 9.32. The number of nitrogens with one attached hydrogen (secondary N) is 1. The molecule has 0 radical (unpaired) electrons. The van der Waals surface area contributed by atoms with Crippen LogP contribution in [0.1, 0.15) is 76.0 Å². The predicted octanol–water partition coefficient (Wildman–Crippen LogP) is 8.51. The van der Waals surface area contributed by atoms with Crippen LogP contribution in [0.3, 0.4) is 0 Å². The van der Waals surface area contributed by atoms with Crippen molar-refractivity contribution in [2.45, 2.75) is 72.8 Å². The van der Waals surface area contributed by atoms with E-state index in [9.17, 15) is 14.4 Å². The van der Waals surface area contributed by atoms with E-state index >= 15 is 0 Å². The number of halogens is 1. The summed E-state index contributed by atoms with van der Waals surface area (Å²) in [5.41, 5.74) is 6.64. The molecule has 8 heteroatoms. The maximum atomic E-state index is 14.3. The molecule has 0 fully saturated rings. The molecule has 0 unspecified atom stereocenters. The second-order valence-electron chi connectivity index (χ2n) is 14.8. The Hall–Kier alpha value is -3.92. The van der Waals surface area contributed by atoms with Gasteiger partial charge in [0.25, 0.3) is 5.91 Å². The maximum Gasteiger partial charge on any atom is 0.262 e. The second-order valence-corrected chi connectivity index (χ2v) is 16.0. The first-order chi connectivity index (χ1) is 22.8. The van der Waals surface area contributed by atoms with Gasteiger partial charge in [-0.05, 0) is 88.1 Å². The van der Waals surface area contributed by atoms with Gasteiger partial charge < -0.3 is 19.7 Å². The molecular formula is C40H43IN2O5. The highest BCUT2D eigenvalue weighted by atomic mass is 127. The number of aryl methyl sites for hydroxylation is 1. The van der Waals surface area contributed by atoms with E-state index in [1.807, 2.05) is 61.5 Å². The van der Waals surface area contributed by atoms with Crippen molar-refractivity contribution in [3.63, 3.8) is 0 Å². The molecule has 1 N–H and O–H groups in total. The van der Waals surface area contributed by atoms with Gasteiger partial charge in [-0.15, -0.1) is 0 Å². The number of allylic oxidation sites excluding steroid dienone is 4. The van der Waals surface area contributed by atoms with E-state index in [0.29, 0.717) is 42.0 Å². The predicted molar refractivity (Wildman–Crippen MR) is 196 cm³/mol. The van der Waals surface area contributed by atoms with E-state index < -0.39 is 5.92 Å². The number of benzene rings is 3. The van der Waals surface area contributed by atoms with Gasteiger partial charge in [0.05, 0.1) is 10.7 Å². The highest BCUT2D eigenvalue weighted by Gasteiger charge is 2.49. The summed E-state index contributed by atoms with van der Waals surface area (Å²) in [7, 11) is 1.57. The second kappa shape index (κ2) is 13.2. The van der Waals surface area contributed by atoms with Gasteiger partial charge in [0.2, 0.25) is 0 Å². The van der Waals surface area contributed by atoms with Gasteiger partial charge in [-0.2, -0.15) is 0 Å². The number of hydrogen-bond acceptors (Lipinski definition) is 6. The molecule has 1 heterocycles. The lowest BCUT2D eigenvalue weighted by Crippen LogP contribution is -2.44. The molecule has 0 atom stereocenters. The highest BCUT2D eigenvalue weighted by Crippen LogP contribution is 2.55. The standard InChI is InChI=1S/C40H43IN2O5/c1-24-12-10-11-15-28(24)42-34(46)23-48-38-27(41)16-26(17-33(38)47-6)35-36-29(18-39(2,3)20-31(36)44)43(22-25-13-8-7-9-14-25)30-19-40(4,5)21-32(45)37(30)35/h7-17,35H,18-23H2,1-6H3,(H,42,46). The summed E-state index contributed by atoms with van der Waals surface area (Å²) in [6.07, 6.45) is 2.28. The normalized spacial score (nSPS) is 18.8. The summed E-state index contributed by atoms with van der Waals surface area (Å²) in [5, 5.41) is 2.91. The van der Waals surface area contributed by atoms with Crippen molar-refractivity contribution in [1.29, 1.82) is 0 Å². The van der Waals surface area contributed by atoms with E-state index in [1.54, 1.807) is 7.11 Å². The van der Waals surface area contributed by atoms with Gasteiger partial charge in [-0.25, -0.2) is 0 Å². The number of carbonyl (C=O) groups is 3. The lowest BCUT2D eigenvalue weighted by molar-refractivity contribution is -0.120. The third kappa shape index (κ3) is 6.81. The maximum absolute atomic E-state index is 14.3. The van der Waals surface area contributed by atoms with Crippen LogP contribution < -0.4 is 14.8 Å². The number of para-hydroxylation sites is 1. The number of rotatable bonds is 8. The van der Waals surface area contributed by atoms with E-state index in [0.717, 1.165) is 50.2 Å². The zero-order valence-corrected chi connectivity index (χ0v) is 30.7. The van der Waals surface area contributed by atoms with Gasteiger partial charge in [0.1, 0.15) is 0 Å². The molecule has 2 aliphatic carbocycles. The number of amides is 1. The monoisotopic (exact) mass is 758 g/mol. The van der Waals surface area contributed by atoms with Crippen molar-refractivity contribution in [2.75, 3.05) is 19.0 Å². The van der Waals surface area contributed by atoms with E-state index in [4.69, 9.17) is 9.47 Å². The third-order valence-electron chi connectivity index (χ3n) is 9.56. The van der Waals surface area contributed by atoms with Crippen LogP contribution in [0.5, 0.6) is 11.5 Å². The van der Waals surface area contributed by atoms with E-state index in [-0.39, 0.29) is 34.9 Å². The minimum absolute atomic E-state index is 0.0793. The molecule has 7 nitrogen and oxygen atoms in total. The molecule has 0 bridgehead atoms. The Bertz CT molecular complexity index is 1800. The van der Waals surface area contributed by atoms with Crippen LogP contribution in [0, 0.1) is 21.3 Å². The summed E-state index contributed by atoms with van der Waals surface area (Å²) in [5.74, 6) is 0.247. The number of ether oxygens (including phenoxy) is 2. The van der Waals surface area contributed by atoms with E-state index in [2.05, 4.69) is 72.6 Å². The molecule has 3 aromatic rings. The molecule has 0 spiro atoms. The van der Waals surface area contributed by atoms with E-state index in [1.165, 1.54) is 0 Å². The molecular weight excluding hydrogens is 715 g/mol. The smallest absolute Gasteiger partial charge is 0.262 e. The van der Waals surface area contributed by atoms with Crippen molar-refractivity contribution in [3.05, 3.63) is 110 Å². The quantitative estimate of drug-likeness (QED) is 0.232. The van der Waals surface area contributed by atoms with Crippen LogP contribution in [-0.2, 0) is 20.9 Å². The molecule has 3 aromatic carbocycles. The van der Waals surface area contributed by atoms with Crippen LogP contribution >= 0.6 is 22.6 Å². The molecule has 1 amide bonds. The van der Waals surface area contributed by atoms with Gasteiger partial charge in [0, 0.05) is 53.5 Å². The van der Waals surface area contributed by atoms with Crippen LogP contribution in [-0.4, -0.2) is 36.1 Å².